The molecule has 198 valence electrons. The summed E-state index contributed by atoms with van der Waals surface area (Å²) in [5.74, 6) is -3.39. The van der Waals surface area contributed by atoms with E-state index in [1.54, 1.807) is 0 Å². The molecule has 0 fully saturated rings. The van der Waals surface area contributed by atoms with E-state index >= 15 is 0 Å². The number of esters is 4. The van der Waals surface area contributed by atoms with Crippen LogP contribution < -0.4 is 0 Å². The van der Waals surface area contributed by atoms with Crippen molar-refractivity contribution in [1.82, 2.24) is 0 Å². The van der Waals surface area contributed by atoms with E-state index in [1.807, 2.05) is 0 Å². The predicted molar refractivity (Wildman–Crippen MR) is 129 cm³/mol. The van der Waals surface area contributed by atoms with Crippen molar-refractivity contribution in [2.24, 2.45) is 0 Å². The Hall–Kier alpha value is -3.50. The second-order valence-electron chi connectivity index (χ2n) is 8.66. The van der Waals surface area contributed by atoms with E-state index in [9.17, 15) is 29.4 Å². The maximum atomic E-state index is 12.9. The Balaban J connectivity index is 3.04. The molecule has 0 aliphatic rings. The Morgan fingerprint density at radius 2 is 0.972 bits per heavy atom. The molecule has 1 aromatic rings. The van der Waals surface area contributed by atoms with Gasteiger partial charge in [-0.1, -0.05) is 25.3 Å². The smallest absolute Gasteiger partial charge is 0.339 e. The highest BCUT2D eigenvalue weighted by Gasteiger charge is 2.41. The summed E-state index contributed by atoms with van der Waals surface area (Å²) in [6.45, 7) is 14.9. The van der Waals surface area contributed by atoms with Crippen LogP contribution >= 0.6 is 0 Å². The average Bonchev–Trinajstić information content (AvgIpc) is 2.83. The lowest BCUT2D eigenvalue weighted by atomic mass is 9.94. The van der Waals surface area contributed by atoms with Gasteiger partial charge in [-0.05, 0) is 53.7 Å². The summed E-state index contributed by atoms with van der Waals surface area (Å²) in [6, 6.07) is 5.67. The van der Waals surface area contributed by atoms with Crippen molar-refractivity contribution < 1.29 is 48.3 Å². The zero-order valence-corrected chi connectivity index (χ0v) is 21.3. The molecule has 1 rings (SSSR count). The molecule has 0 aliphatic carbocycles. The van der Waals surface area contributed by atoms with Crippen LogP contribution in [0.1, 0.15) is 62.3 Å². The standard InChI is InChI=1S/C26H34O10/c1-9-21(27)33-15(3)25(7,31)17(5)35-23(29)19-13-11-12-14-20(19)24(30)36-18(6)26(8,32)16(4)34-22(28)10-2/h9-18,31-32H,1-2H2,3-8H3. The summed E-state index contributed by atoms with van der Waals surface area (Å²) < 4.78 is 20.8. The Kier molecular flexibility index (Phi) is 10.6. The number of hydrogen-bond acceptors (Lipinski definition) is 10. The third-order valence-corrected chi connectivity index (χ3v) is 6.15. The van der Waals surface area contributed by atoms with Crippen LogP contribution in [0.5, 0.6) is 0 Å². The van der Waals surface area contributed by atoms with Crippen molar-refractivity contribution in [1.29, 1.82) is 0 Å². The zero-order valence-electron chi connectivity index (χ0n) is 21.3. The predicted octanol–water partition coefficient (Wildman–Crippen LogP) is 2.51. The number of benzene rings is 1. The Morgan fingerprint density at radius 3 is 1.25 bits per heavy atom. The molecule has 0 saturated carbocycles. The molecular formula is C26H34O10. The molecule has 10 heteroatoms. The van der Waals surface area contributed by atoms with Crippen LogP contribution in [-0.2, 0) is 28.5 Å². The van der Waals surface area contributed by atoms with Gasteiger partial charge in [0.15, 0.2) is 0 Å². The molecule has 6 atom stereocenters. The lowest BCUT2D eigenvalue weighted by molar-refractivity contribution is -0.169. The van der Waals surface area contributed by atoms with E-state index in [0.717, 1.165) is 12.2 Å². The minimum atomic E-state index is -1.77. The summed E-state index contributed by atoms with van der Waals surface area (Å²) >= 11 is 0. The Labute approximate surface area is 210 Å². The van der Waals surface area contributed by atoms with Gasteiger partial charge >= 0.3 is 23.9 Å². The van der Waals surface area contributed by atoms with E-state index in [2.05, 4.69) is 13.2 Å². The minimum Gasteiger partial charge on any atom is -0.456 e. The largest absolute Gasteiger partial charge is 0.456 e. The first-order valence-corrected chi connectivity index (χ1v) is 11.2. The maximum Gasteiger partial charge on any atom is 0.339 e. The van der Waals surface area contributed by atoms with E-state index in [0.29, 0.717) is 0 Å². The molecule has 0 bridgehead atoms. The highest BCUT2D eigenvalue weighted by molar-refractivity contribution is 6.03. The van der Waals surface area contributed by atoms with E-state index in [1.165, 1.54) is 65.8 Å². The summed E-state index contributed by atoms with van der Waals surface area (Å²) in [4.78, 5) is 48.7. The number of carbonyl (C=O) groups is 4. The quantitative estimate of drug-likeness (QED) is 0.246. The van der Waals surface area contributed by atoms with Crippen LogP contribution in [0.15, 0.2) is 49.6 Å². The van der Waals surface area contributed by atoms with Crippen LogP contribution in [0.2, 0.25) is 0 Å². The Bertz CT molecular complexity index is 915. The van der Waals surface area contributed by atoms with Gasteiger partial charge in [-0.15, -0.1) is 0 Å². The van der Waals surface area contributed by atoms with Crippen LogP contribution in [0, 0.1) is 0 Å². The van der Waals surface area contributed by atoms with Crippen molar-refractivity contribution in [2.75, 3.05) is 0 Å². The van der Waals surface area contributed by atoms with Gasteiger partial charge in [0.05, 0.1) is 11.1 Å². The lowest BCUT2D eigenvalue weighted by Gasteiger charge is -2.35. The van der Waals surface area contributed by atoms with Gasteiger partial charge in [0.25, 0.3) is 0 Å². The van der Waals surface area contributed by atoms with Crippen LogP contribution in [0.25, 0.3) is 0 Å². The molecule has 0 heterocycles. The summed E-state index contributed by atoms with van der Waals surface area (Å²) in [5, 5.41) is 21.5. The van der Waals surface area contributed by atoms with Gasteiger partial charge in [0.2, 0.25) is 0 Å². The summed E-state index contributed by atoms with van der Waals surface area (Å²) in [7, 11) is 0. The topological polar surface area (TPSA) is 146 Å². The SMILES string of the molecule is C=CC(=O)OC(C)C(C)(O)C(C)OC(=O)c1ccccc1C(=O)OC(C)C(C)(O)C(C)OC(=O)C=C. The van der Waals surface area contributed by atoms with Crippen LogP contribution in [0.4, 0.5) is 0 Å². The van der Waals surface area contributed by atoms with Crippen molar-refractivity contribution in [3.05, 3.63) is 60.7 Å². The van der Waals surface area contributed by atoms with Crippen LogP contribution in [0.3, 0.4) is 0 Å². The van der Waals surface area contributed by atoms with E-state index in [-0.39, 0.29) is 11.1 Å². The molecule has 6 unspecified atom stereocenters. The molecule has 0 aliphatic heterocycles. The molecule has 0 aromatic heterocycles. The van der Waals surface area contributed by atoms with Crippen molar-refractivity contribution in [2.45, 2.75) is 77.2 Å². The molecule has 10 nitrogen and oxygen atoms in total. The summed E-state index contributed by atoms with van der Waals surface area (Å²) in [5.41, 5.74) is -3.84. The second-order valence-corrected chi connectivity index (χ2v) is 8.66. The van der Waals surface area contributed by atoms with Gasteiger partial charge < -0.3 is 29.2 Å². The Morgan fingerprint density at radius 1 is 0.694 bits per heavy atom. The van der Waals surface area contributed by atoms with Gasteiger partial charge in [-0.25, -0.2) is 19.2 Å². The molecule has 0 amide bonds. The van der Waals surface area contributed by atoms with Crippen molar-refractivity contribution in [3.8, 4) is 0 Å². The zero-order chi connectivity index (χ0) is 27.8. The summed E-state index contributed by atoms with van der Waals surface area (Å²) in [6.07, 6.45) is -2.53. The molecule has 2 N–H and O–H groups in total. The highest BCUT2D eigenvalue weighted by Crippen LogP contribution is 2.25. The average molecular weight is 507 g/mol. The fourth-order valence-corrected chi connectivity index (χ4v) is 2.87. The minimum absolute atomic E-state index is 0.154. The fraction of sp³-hybridized carbons (Fsp3) is 0.462. The third-order valence-electron chi connectivity index (χ3n) is 6.15. The molecule has 0 saturated heterocycles. The lowest BCUT2D eigenvalue weighted by Crippen LogP contribution is -2.51. The van der Waals surface area contributed by atoms with Gasteiger partial charge in [-0.3, -0.25) is 0 Å². The second kappa shape index (κ2) is 12.5. The molecular weight excluding hydrogens is 472 g/mol. The first-order valence-electron chi connectivity index (χ1n) is 11.2. The van der Waals surface area contributed by atoms with Crippen LogP contribution in [-0.4, -0.2) is 69.7 Å². The van der Waals surface area contributed by atoms with Crippen molar-refractivity contribution >= 4 is 23.9 Å². The molecule has 36 heavy (non-hydrogen) atoms. The number of ether oxygens (including phenoxy) is 4. The maximum absolute atomic E-state index is 12.9. The highest BCUT2D eigenvalue weighted by atomic mass is 16.6. The van der Waals surface area contributed by atoms with E-state index in [4.69, 9.17) is 18.9 Å². The first-order chi connectivity index (χ1) is 16.6. The number of hydrogen-bond donors (Lipinski definition) is 2. The third kappa shape index (κ3) is 7.50. The van der Waals surface area contributed by atoms with Crippen molar-refractivity contribution in [3.63, 3.8) is 0 Å². The molecule has 1 aromatic carbocycles. The van der Waals surface area contributed by atoms with Gasteiger partial charge in [0, 0.05) is 12.2 Å². The first kappa shape index (κ1) is 30.5. The number of rotatable bonds is 12. The van der Waals surface area contributed by atoms with E-state index < -0.39 is 59.5 Å². The van der Waals surface area contributed by atoms with Gasteiger partial charge in [-0.2, -0.15) is 0 Å². The number of aliphatic hydroxyl groups is 2. The molecule has 0 spiro atoms. The molecule has 0 radical (unpaired) electrons. The van der Waals surface area contributed by atoms with Gasteiger partial charge in [0.1, 0.15) is 35.6 Å². The number of carbonyl (C=O) groups excluding carboxylic acids is 4. The fourth-order valence-electron chi connectivity index (χ4n) is 2.87. The normalized spacial score (nSPS) is 17.6. The monoisotopic (exact) mass is 506 g/mol.